The van der Waals surface area contributed by atoms with Gasteiger partial charge in [-0.2, -0.15) is 9.97 Å². The average molecular weight is 1160 g/mol. The molecule has 2 aliphatic carbocycles. The van der Waals surface area contributed by atoms with Crippen molar-refractivity contribution in [2.24, 2.45) is 11.8 Å². The second-order valence-electron chi connectivity index (χ2n) is 19.3. The van der Waals surface area contributed by atoms with Crippen LogP contribution in [0.5, 0.6) is 11.8 Å². The Morgan fingerprint density at radius 1 is 0.543 bits per heavy atom. The molecular formula is C56H60N12O10S3. The van der Waals surface area contributed by atoms with E-state index in [-0.39, 0.29) is 52.7 Å². The molecule has 0 spiro atoms. The zero-order valence-electron chi connectivity index (χ0n) is 44.8. The molecule has 2 saturated carbocycles. The van der Waals surface area contributed by atoms with Gasteiger partial charge in [0.25, 0.3) is 15.5 Å². The molecule has 0 radical (unpaired) electrons. The van der Waals surface area contributed by atoms with E-state index < -0.39 is 24.4 Å². The molecule has 2 fully saturated rings. The van der Waals surface area contributed by atoms with Crippen LogP contribution in [0.1, 0.15) is 46.9 Å². The Bertz CT molecular complexity index is 3480. The van der Waals surface area contributed by atoms with Gasteiger partial charge >= 0.3 is 0 Å². The van der Waals surface area contributed by atoms with Crippen LogP contribution in [-0.4, -0.2) is 144 Å². The fourth-order valence-corrected chi connectivity index (χ4v) is 11.3. The minimum atomic E-state index is -0.841. The maximum absolute atomic E-state index is 11.5. The van der Waals surface area contributed by atoms with Crippen LogP contribution in [0.25, 0.3) is 22.1 Å². The van der Waals surface area contributed by atoms with E-state index in [9.17, 15) is 5.11 Å². The fraction of sp³-hybridized carbons (Fsp3) is 0.357. The summed E-state index contributed by atoms with van der Waals surface area (Å²) >= 11 is 16.8. The molecule has 2 aromatic carbocycles. The highest BCUT2D eigenvalue weighted by atomic mass is 32.1. The zero-order chi connectivity index (χ0) is 56.2. The number of hydrogen-bond donors (Lipinski definition) is 1. The first-order valence-corrected chi connectivity index (χ1v) is 27.1. The van der Waals surface area contributed by atoms with E-state index in [2.05, 4.69) is 29.9 Å². The summed E-state index contributed by atoms with van der Waals surface area (Å²) < 4.78 is 62.4. The topological polar surface area (TPSA) is 218 Å². The highest BCUT2D eigenvalue weighted by molar-refractivity contribution is 7.80. The number of methoxy groups -OCH3 is 4. The zero-order valence-corrected chi connectivity index (χ0v) is 47.2. The SMILES string of the molecule is COC[C@H]1C[C@@H](c2cn(COCc3ccccc3)c3c(OC)ncnc23)[C@H](O)[C@@H]1OC(=S)n1ccnc1.COC[C@H]1C[C@@H](c2cn(COCc3ccccc3)c3c(OC)ncnc23)[C@H](OC(=S)n2ccnc2)[C@@H]1OC(=S)n1ccnc1. The molecule has 81 heavy (non-hydrogen) atoms. The molecule has 422 valence electrons. The predicted octanol–water partition coefficient (Wildman–Crippen LogP) is 7.33. The summed E-state index contributed by atoms with van der Waals surface area (Å²) in [6, 6.07) is 20.0. The minimum absolute atomic E-state index is 0.0806. The number of benzene rings is 2. The average Bonchev–Trinajstić information content (AvgIpc) is 4.23. The third-order valence-corrected chi connectivity index (χ3v) is 15.2. The lowest BCUT2D eigenvalue weighted by Gasteiger charge is -2.28. The lowest BCUT2D eigenvalue weighted by Crippen LogP contribution is -2.39. The van der Waals surface area contributed by atoms with Crippen molar-refractivity contribution in [2.75, 3.05) is 41.7 Å². The first-order valence-electron chi connectivity index (χ1n) is 25.9. The van der Waals surface area contributed by atoms with Crippen molar-refractivity contribution in [2.45, 2.75) is 75.8 Å². The van der Waals surface area contributed by atoms with Crippen molar-refractivity contribution in [1.29, 1.82) is 0 Å². The highest BCUT2D eigenvalue weighted by Gasteiger charge is 2.50. The van der Waals surface area contributed by atoms with E-state index >= 15 is 0 Å². The Hall–Kier alpha value is -7.62. The van der Waals surface area contributed by atoms with E-state index in [1.807, 2.05) is 82.2 Å². The Labute approximate surface area is 482 Å². The number of aromatic nitrogens is 12. The van der Waals surface area contributed by atoms with Crippen molar-refractivity contribution in [3.05, 3.63) is 164 Å². The van der Waals surface area contributed by atoms with Crippen LogP contribution >= 0.6 is 36.7 Å². The summed E-state index contributed by atoms with van der Waals surface area (Å²) in [5, 5.41) is 12.2. The maximum Gasteiger partial charge on any atom is 0.269 e. The molecule has 0 unspecified atom stereocenters. The Morgan fingerprint density at radius 3 is 1.40 bits per heavy atom. The molecule has 7 heterocycles. The van der Waals surface area contributed by atoms with Crippen LogP contribution in [0.3, 0.4) is 0 Å². The van der Waals surface area contributed by atoms with Crippen LogP contribution < -0.4 is 9.47 Å². The molecule has 8 atom stereocenters. The van der Waals surface area contributed by atoms with E-state index in [4.69, 9.17) is 84.3 Å². The molecule has 9 aromatic rings. The Kier molecular flexibility index (Phi) is 18.7. The second kappa shape index (κ2) is 26.8. The van der Waals surface area contributed by atoms with Gasteiger partial charge in [0, 0.05) is 98.6 Å². The van der Waals surface area contributed by atoms with Crippen LogP contribution in [0.15, 0.2) is 142 Å². The molecule has 0 amide bonds. The molecule has 0 bridgehead atoms. The lowest BCUT2D eigenvalue weighted by molar-refractivity contribution is 0.00455. The summed E-state index contributed by atoms with van der Waals surface area (Å²) in [6.45, 7) is 2.26. The molecule has 0 saturated heterocycles. The molecule has 0 aliphatic heterocycles. The predicted molar refractivity (Wildman–Crippen MR) is 307 cm³/mol. The molecule has 22 nitrogen and oxygen atoms in total. The fourth-order valence-electron chi connectivity index (χ4n) is 10.6. The van der Waals surface area contributed by atoms with Gasteiger partial charge in [-0.15, -0.1) is 0 Å². The van der Waals surface area contributed by atoms with Gasteiger partial charge in [0.2, 0.25) is 11.8 Å². The van der Waals surface area contributed by atoms with Gasteiger partial charge in [0.05, 0.1) is 57.8 Å². The maximum atomic E-state index is 11.5. The van der Waals surface area contributed by atoms with Gasteiger partial charge in [0.15, 0.2) is 0 Å². The number of thiocarbonyl (C=S) groups is 3. The first-order chi connectivity index (χ1) is 39.7. The highest BCUT2D eigenvalue weighted by Crippen LogP contribution is 2.47. The largest absolute Gasteiger partial charge is 0.479 e. The minimum Gasteiger partial charge on any atom is -0.479 e. The van der Waals surface area contributed by atoms with Crippen LogP contribution in [0.4, 0.5) is 0 Å². The number of rotatable bonds is 19. The van der Waals surface area contributed by atoms with Crippen molar-refractivity contribution in [1.82, 2.24) is 57.7 Å². The summed E-state index contributed by atoms with van der Waals surface area (Å²) in [6.07, 6.45) is 20.6. The lowest BCUT2D eigenvalue weighted by atomic mass is 9.96. The van der Waals surface area contributed by atoms with Gasteiger partial charge in [0.1, 0.15) is 74.4 Å². The van der Waals surface area contributed by atoms with Crippen LogP contribution in [0, 0.1) is 11.8 Å². The van der Waals surface area contributed by atoms with Crippen molar-refractivity contribution in [3.63, 3.8) is 0 Å². The normalized spacial score (nSPS) is 20.5. The van der Waals surface area contributed by atoms with Gasteiger partial charge in [-0.1, -0.05) is 60.7 Å². The summed E-state index contributed by atoms with van der Waals surface area (Å²) in [5.41, 5.74) is 6.79. The Balaban J connectivity index is 0.000000185. The monoisotopic (exact) mass is 1160 g/mol. The number of nitrogens with zero attached hydrogens (tertiary/aromatic N) is 12. The third-order valence-electron chi connectivity index (χ3n) is 14.3. The van der Waals surface area contributed by atoms with Crippen LogP contribution in [0.2, 0.25) is 0 Å². The van der Waals surface area contributed by atoms with Gasteiger partial charge in [-0.25, -0.2) is 24.9 Å². The number of hydrogen-bond acceptors (Lipinski definition) is 20. The number of aliphatic hydroxyl groups is 1. The van der Waals surface area contributed by atoms with Gasteiger partial charge in [-0.05, 0) is 60.6 Å². The molecule has 25 heteroatoms. The second-order valence-corrected chi connectivity index (χ2v) is 20.3. The van der Waals surface area contributed by atoms with Gasteiger partial charge < -0.3 is 56.9 Å². The molecule has 7 aromatic heterocycles. The van der Waals surface area contributed by atoms with Crippen molar-refractivity contribution >= 4 is 74.2 Å². The van der Waals surface area contributed by atoms with Gasteiger partial charge in [-0.3, -0.25) is 13.7 Å². The summed E-state index contributed by atoms with van der Waals surface area (Å²) in [7, 11) is 6.46. The van der Waals surface area contributed by atoms with E-state index in [1.54, 1.807) is 98.3 Å². The number of aliphatic hydroxyl groups excluding tert-OH is 1. The smallest absolute Gasteiger partial charge is 0.269 e. The van der Waals surface area contributed by atoms with E-state index in [0.29, 0.717) is 62.1 Å². The third kappa shape index (κ3) is 12.8. The first kappa shape index (κ1) is 56.6. The summed E-state index contributed by atoms with van der Waals surface area (Å²) in [4.78, 5) is 30.2. The van der Waals surface area contributed by atoms with E-state index in [1.165, 1.54) is 12.7 Å². The molecule has 11 rings (SSSR count). The van der Waals surface area contributed by atoms with Crippen LogP contribution in [-0.2, 0) is 59.8 Å². The molecular weight excluding hydrogens is 1100 g/mol. The molecule has 2 aliphatic rings. The number of fused-ring (bicyclic) bond motifs is 2. The quantitative estimate of drug-likeness (QED) is 0.0784. The number of ether oxygens (including phenoxy) is 9. The van der Waals surface area contributed by atoms with E-state index in [0.717, 1.165) is 33.3 Å². The molecule has 1 N–H and O–H groups in total. The Morgan fingerprint density at radius 2 is 0.963 bits per heavy atom. The number of imidazole rings is 3. The van der Waals surface area contributed by atoms with Crippen molar-refractivity contribution < 1.29 is 47.7 Å². The standard InChI is InChI=1S/C30H31N7O5S2.C26H29N5O5S/c1-38-15-21-12-22(27(42-30(44)36-11-9-32-18-36)26(21)41-29(43)35-10-8-31-17-35)23-13-37(19-40-14-20-6-4-3-5-7-20)25-24(23)33-16-34-28(25)39-2;1-33-13-18-10-19(23(32)24(18)36-26(37)30-9-8-27-15-30)20-11-31(16-35-12-17-6-4-3-5-7-17)22-21(20)28-14-29-25(22)34-2/h3-11,13,16-18,21-22,26-27H,12,14-15,19H2,1-2H3;3-9,11,14-15,18-19,23-24,32H,10,12-13,16H2,1-2H3/t21-,22+,26-,27+;18-,19+,23+,24-/m11/s1. The van der Waals surface area contributed by atoms with Crippen molar-refractivity contribution in [3.8, 4) is 11.8 Å². The summed E-state index contributed by atoms with van der Waals surface area (Å²) in [5.74, 6) is 0.227.